The zero-order chi connectivity index (χ0) is 21.4. The van der Waals surface area contributed by atoms with Crippen LogP contribution in [-0.2, 0) is 11.3 Å². The fraction of sp³-hybridized carbons (Fsp3) is 0.300. The van der Waals surface area contributed by atoms with Gasteiger partial charge in [-0.25, -0.2) is 0 Å². The van der Waals surface area contributed by atoms with Crippen LogP contribution in [0.15, 0.2) is 42.5 Å². The van der Waals surface area contributed by atoms with E-state index in [1.165, 1.54) is 6.07 Å². The Bertz CT molecular complexity index is 903. The fourth-order valence-electron chi connectivity index (χ4n) is 2.36. The van der Waals surface area contributed by atoms with Crippen molar-refractivity contribution < 1.29 is 23.6 Å². The van der Waals surface area contributed by atoms with Crippen LogP contribution in [0.3, 0.4) is 0 Å². The van der Waals surface area contributed by atoms with Crippen molar-refractivity contribution in [2.45, 2.75) is 32.9 Å². The first-order chi connectivity index (χ1) is 13.8. The molecule has 0 aliphatic heterocycles. The average molecular weight is 403 g/mol. The molecule has 2 aromatic rings. The molecule has 2 amide bonds. The highest BCUT2D eigenvalue weighted by molar-refractivity contribution is 5.94. The van der Waals surface area contributed by atoms with Crippen molar-refractivity contribution in [3.63, 3.8) is 0 Å². The Morgan fingerprint density at radius 1 is 1.24 bits per heavy atom. The summed E-state index contributed by atoms with van der Waals surface area (Å²) in [7, 11) is 0. The van der Waals surface area contributed by atoms with E-state index in [4.69, 9.17) is 4.74 Å². The summed E-state index contributed by atoms with van der Waals surface area (Å²) in [5.74, 6) is -1.68. The van der Waals surface area contributed by atoms with E-state index in [0.29, 0.717) is 5.56 Å². The van der Waals surface area contributed by atoms with Crippen LogP contribution in [0.2, 0.25) is 0 Å². The maximum absolute atomic E-state index is 13.5. The van der Waals surface area contributed by atoms with E-state index in [2.05, 4.69) is 10.6 Å². The van der Waals surface area contributed by atoms with Crippen LogP contribution in [-0.4, -0.2) is 29.4 Å². The van der Waals surface area contributed by atoms with Gasteiger partial charge in [0.2, 0.25) is 5.82 Å². The third-order valence-electron chi connectivity index (χ3n) is 4.15. The molecule has 2 aromatic carbocycles. The Hall–Kier alpha value is -3.49. The molecule has 9 heteroatoms. The second kappa shape index (κ2) is 10.2. The monoisotopic (exact) mass is 403 g/mol. The summed E-state index contributed by atoms with van der Waals surface area (Å²) in [5, 5.41) is 16.1. The molecule has 1 atom stereocenters. The molecule has 2 rings (SSSR count). The van der Waals surface area contributed by atoms with Crippen molar-refractivity contribution in [3.05, 3.63) is 69.5 Å². The molecular formula is C20H22FN3O5. The lowest BCUT2D eigenvalue weighted by Gasteiger charge is -2.12. The molecular weight excluding hydrogens is 381 g/mol. The quantitative estimate of drug-likeness (QED) is 0.494. The van der Waals surface area contributed by atoms with E-state index in [1.807, 2.05) is 13.8 Å². The molecule has 8 nitrogen and oxygen atoms in total. The summed E-state index contributed by atoms with van der Waals surface area (Å²) in [5.41, 5.74) is 0.560. The number of rotatable bonds is 9. The smallest absolute Gasteiger partial charge is 0.305 e. The van der Waals surface area contributed by atoms with Gasteiger partial charge in [0.05, 0.1) is 4.92 Å². The van der Waals surface area contributed by atoms with E-state index in [-0.39, 0.29) is 30.9 Å². The number of nitrogens with one attached hydrogen (secondary N) is 2. The van der Waals surface area contributed by atoms with Crippen molar-refractivity contribution in [2.24, 2.45) is 0 Å². The number of hydrogen-bond donors (Lipinski definition) is 2. The summed E-state index contributed by atoms with van der Waals surface area (Å²) >= 11 is 0. The molecule has 0 aliphatic rings. The minimum absolute atomic E-state index is 0.00645. The minimum atomic E-state index is -1.04. The Balaban J connectivity index is 1.86. The number of carbonyl (C=O) groups is 2. The van der Waals surface area contributed by atoms with Gasteiger partial charge in [0.1, 0.15) is 5.75 Å². The van der Waals surface area contributed by atoms with Crippen LogP contribution in [0.1, 0.15) is 36.2 Å². The van der Waals surface area contributed by atoms with Gasteiger partial charge in [0.25, 0.3) is 11.8 Å². The zero-order valence-corrected chi connectivity index (χ0v) is 16.1. The van der Waals surface area contributed by atoms with Gasteiger partial charge >= 0.3 is 5.69 Å². The van der Waals surface area contributed by atoms with Gasteiger partial charge < -0.3 is 15.4 Å². The lowest BCUT2D eigenvalue weighted by Crippen LogP contribution is -2.32. The molecule has 0 spiro atoms. The highest BCUT2D eigenvalue weighted by atomic mass is 19.1. The molecule has 0 aromatic heterocycles. The van der Waals surface area contributed by atoms with Crippen molar-refractivity contribution in [1.29, 1.82) is 0 Å². The van der Waals surface area contributed by atoms with E-state index >= 15 is 0 Å². The maximum atomic E-state index is 13.5. The minimum Gasteiger partial charge on any atom is -0.484 e. The Kier molecular flexibility index (Phi) is 7.64. The number of nitrogens with zero attached hydrogens (tertiary/aromatic N) is 1. The number of amides is 2. The largest absolute Gasteiger partial charge is 0.484 e. The van der Waals surface area contributed by atoms with Crippen molar-refractivity contribution in [1.82, 2.24) is 10.6 Å². The van der Waals surface area contributed by atoms with Gasteiger partial charge in [-0.2, -0.15) is 4.39 Å². The first kappa shape index (κ1) is 21.8. The number of hydrogen-bond acceptors (Lipinski definition) is 5. The fourth-order valence-corrected chi connectivity index (χ4v) is 2.36. The Labute approximate surface area is 167 Å². The summed E-state index contributed by atoms with van der Waals surface area (Å²) in [4.78, 5) is 33.8. The lowest BCUT2D eigenvalue weighted by atomic mass is 10.1. The first-order valence-corrected chi connectivity index (χ1v) is 9.03. The average Bonchev–Trinajstić information content (AvgIpc) is 2.70. The lowest BCUT2D eigenvalue weighted by molar-refractivity contribution is -0.387. The normalized spacial score (nSPS) is 11.4. The first-order valence-electron chi connectivity index (χ1n) is 9.03. The number of nitro groups is 1. The van der Waals surface area contributed by atoms with E-state index < -0.39 is 22.3 Å². The SMILES string of the molecule is CCC(C)NC(=O)c1cccc(CNC(=O)COc2ccc([N+](=O)[O-])c(F)c2)c1. The van der Waals surface area contributed by atoms with Crippen LogP contribution in [0.25, 0.3) is 0 Å². The molecule has 29 heavy (non-hydrogen) atoms. The second-order valence-electron chi connectivity index (χ2n) is 6.42. The molecule has 0 aliphatic carbocycles. The topological polar surface area (TPSA) is 111 Å². The third-order valence-corrected chi connectivity index (χ3v) is 4.15. The standard InChI is InChI=1S/C20H22FN3O5/c1-3-13(2)23-20(26)15-6-4-5-14(9-15)11-22-19(25)12-29-16-7-8-18(24(27)28)17(21)10-16/h4-10,13H,3,11-12H2,1-2H3,(H,22,25)(H,23,26). The molecule has 154 valence electrons. The van der Waals surface area contributed by atoms with Crippen molar-refractivity contribution in [2.75, 3.05) is 6.61 Å². The summed E-state index contributed by atoms with van der Waals surface area (Å²) in [6, 6.07) is 9.97. The van der Waals surface area contributed by atoms with Gasteiger partial charge in [0.15, 0.2) is 6.61 Å². The second-order valence-corrected chi connectivity index (χ2v) is 6.42. The maximum Gasteiger partial charge on any atom is 0.305 e. The van der Waals surface area contributed by atoms with Crippen LogP contribution in [0.5, 0.6) is 5.75 Å². The number of ether oxygens (including phenoxy) is 1. The molecule has 0 radical (unpaired) electrons. The molecule has 0 heterocycles. The van der Waals surface area contributed by atoms with Gasteiger partial charge in [-0.3, -0.25) is 19.7 Å². The van der Waals surface area contributed by atoms with Crippen LogP contribution < -0.4 is 15.4 Å². The highest BCUT2D eigenvalue weighted by Crippen LogP contribution is 2.22. The van der Waals surface area contributed by atoms with Crippen LogP contribution >= 0.6 is 0 Å². The van der Waals surface area contributed by atoms with Crippen molar-refractivity contribution in [3.8, 4) is 5.75 Å². The molecule has 0 fully saturated rings. The Morgan fingerprint density at radius 2 is 2.00 bits per heavy atom. The van der Waals surface area contributed by atoms with Gasteiger partial charge in [-0.15, -0.1) is 0 Å². The van der Waals surface area contributed by atoms with Gasteiger partial charge in [0, 0.05) is 30.3 Å². The molecule has 2 N–H and O–H groups in total. The number of nitro benzene ring substituents is 1. The number of benzene rings is 2. The van der Waals surface area contributed by atoms with Gasteiger partial charge in [-0.05, 0) is 37.1 Å². The predicted octanol–water partition coefficient (Wildman–Crippen LogP) is 2.96. The molecule has 0 saturated carbocycles. The number of carbonyl (C=O) groups excluding carboxylic acids is 2. The van der Waals surface area contributed by atoms with Crippen LogP contribution in [0, 0.1) is 15.9 Å². The highest BCUT2D eigenvalue weighted by Gasteiger charge is 2.15. The zero-order valence-electron chi connectivity index (χ0n) is 16.1. The third kappa shape index (κ3) is 6.56. The molecule has 1 unspecified atom stereocenters. The van der Waals surface area contributed by atoms with E-state index in [1.54, 1.807) is 24.3 Å². The number of halogens is 1. The molecule has 0 saturated heterocycles. The van der Waals surface area contributed by atoms with E-state index in [9.17, 15) is 24.1 Å². The van der Waals surface area contributed by atoms with E-state index in [0.717, 1.165) is 24.1 Å². The summed E-state index contributed by atoms with van der Waals surface area (Å²) in [6.45, 7) is 3.69. The summed E-state index contributed by atoms with van der Waals surface area (Å²) in [6.07, 6.45) is 0.820. The van der Waals surface area contributed by atoms with Gasteiger partial charge in [-0.1, -0.05) is 19.1 Å². The van der Waals surface area contributed by atoms with Crippen molar-refractivity contribution >= 4 is 17.5 Å². The van der Waals surface area contributed by atoms with Crippen LogP contribution in [0.4, 0.5) is 10.1 Å². The predicted molar refractivity (Wildman–Crippen MR) is 104 cm³/mol. The Morgan fingerprint density at radius 3 is 2.66 bits per heavy atom. The summed E-state index contributed by atoms with van der Waals surface area (Å²) < 4.78 is 18.7. The molecule has 0 bridgehead atoms.